The predicted octanol–water partition coefficient (Wildman–Crippen LogP) is 0.00970. The van der Waals surface area contributed by atoms with Crippen molar-refractivity contribution in [1.82, 2.24) is 10.6 Å². The quantitative estimate of drug-likeness (QED) is 0.280. The maximum atomic E-state index is 13.5. The number of aliphatic hydroxyl groups excluding tert-OH is 4. The van der Waals surface area contributed by atoms with Gasteiger partial charge in [-0.05, 0) is 43.4 Å². The Labute approximate surface area is 212 Å². The summed E-state index contributed by atoms with van der Waals surface area (Å²) in [6.45, 7) is 5.80. The summed E-state index contributed by atoms with van der Waals surface area (Å²) in [5, 5.41) is 47.7. The lowest BCUT2D eigenvalue weighted by atomic mass is 9.85. The maximum absolute atomic E-state index is 13.5. The van der Waals surface area contributed by atoms with Crippen LogP contribution in [0.2, 0.25) is 0 Å². The van der Waals surface area contributed by atoms with E-state index in [1.54, 1.807) is 0 Å². The molecule has 11 atom stereocenters. The Balaban J connectivity index is 1.47. The number of ether oxygens (including phenoxy) is 2. The monoisotopic (exact) mass is 514 g/mol. The minimum absolute atomic E-state index is 0.0534. The van der Waals surface area contributed by atoms with Gasteiger partial charge in [-0.15, -0.1) is 11.8 Å². The van der Waals surface area contributed by atoms with Crippen molar-refractivity contribution >= 4 is 17.7 Å². The largest absolute Gasteiger partial charge is 0.396 e. The molecule has 4 aliphatic rings. The third-order valence-electron chi connectivity index (χ3n) is 7.79. The van der Waals surface area contributed by atoms with Crippen molar-refractivity contribution < 1.29 is 34.7 Å². The fraction of sp³-hybridized carbons (Fsp3) is 0.880. The third-order valence-corrected chi connectivity index (χ3v) is 9.13. The van der Waals surface area contributed by atoms with E-state index < -0.39 is 41.9 Å². The molecule has 10 heteroatoms. The number of hydrogen-bond donors (Lipinski definition) is 6. The molecule has 0 radical (unpaired) electrons. The minimum Gasteiger partial charge on any atom is -0.396 e. The summed E-state index contributed by atoms with van der Waals surface area (Å²) >= 11 is 1.29. The van der Waals surface area contributed by atoms with Gasteiger partial charge in [0.2, 0.25) is 5.91 Å². The molecule has 4 aliphatic heterocycles. The highest BCUT2D eigenvalue weighted by atomic mass is 32.2. The molecule has 0 spiro atoms. The molecule has 3 unspecified atom stereocenters. The lowest BCUT2D eigenvalue weighted by Gasteiger charge is -2.44. The number of aliphatic hydroxyl groups is 4. The minimum atomic E-state index is -1.39. The lowest BCUT2D eigenvalue weighted by Crippen LogP contribution is -2.64. The maximum Gasteiger partial charge on any atom is 0.240 e. The molecule has 3 saturated heterocycles. The van der Waals surface area contributed by atoms with E-state index in [1.165, 1.54) is 11.8 Å². The second-order valence-electron chi connectivity index (χ2n) is 11.0. The van der Waals surface area contributed by atoms with Gasteiger partial charge in [0.05, 0.1) is 18.8 Å². The second-order valence-corrected chi connectivity index (χ2v) is 12.1. The van der Waals surface area contributed by atoms with Crippen LogP contribution in [0.4, 0.5) is 0 Å². The molecule has 2 bridgehead atoms. The molecule has 6 N–H and O–H groups in total. The zero-order chi connectivity index (χ0) is 25.1. The average Bonchev–Trinajstić information content (AvgIpc) is 3.11. The van der Waals surface area contributed by atoms with Crippen LogP contribution >= 0.6 is 11.8 Å². The van der Waals surface area contributed by atoms with Gasteiger partial charge in [-0.2, -0.15) is 0 Å². The SMILES string of the molecule is CC(C)C[C@@H]1CCO[C@@H]2[C@H](CN[C@@H]2C(=O)N[C@@H]2C/C=C\C(CO)CSC3O[C@H]2[C@@H](O)C(O)[C@H]3O)C1. The molecule has 0 saturated carbocycles. The Morgan fingerprint density at radius 2 is 2.00 bits per heavy atom. The predicted molar refractivity (Wildman–Crippen MR) is 133 cm³/mol. The number of carbonyl (C=O) groups excluding carboxylic acids is 1. The molecule has 9 nitrogen and oxygen atoms in total. The Morgan fingerprint density at radius 3 is 2.74 bits per heavy atom. The average molecular weight is 515 g/mol. The zero-order valence-corrected chi connectivity index (χ0v) is 21.5. The van der Waals surface area contributed by atoms with Gasteiger partial charge >= 0.3 is 0 Å². The molecule has 4 heterocycles. The van der Waals surface area contributed by atoms with Gasteiger partial charge in [-0.3, -0.25) is 4.79 Å². The lowest BCUT2D eigenvalue weighted by molar-refractivity contribution is -0.205. The molecule has 0 aliphatic carbocycles. The fourth-order valence-corrected chi connectivity index (χ4v) is 7.19. The number of thioether (sulfide) groups is 1. The Hall–Kier alpha value is -0.720. The van der Waals surface area contributed by atoms with Crippen LogP contribution in [-0.2, 0) is 14.3 Å². The summed E-state index contributed by atoms with van der Waals surface area (Å²) in [5.41, 5.74) is -0.768. The van der Waals surface area contributed by atoms with E-state index in [2.05, 4.69) is 24.5 Å². The Kier molecular flexibility index (Phi) is 9.53. The van der Waals surface area contributed by atoms with E-state index >= 15 is 0 Å². The summed E-state index contributed by atoms with van der Waals surface area (Å²) < 4.78 is 12.2. The van der Waals surface area contributed by atoms with Crippen LogP contribution in [0.25, 0.3) is 0 Å². The van der Waals surface area contributed by atoms with Gasteiger partial charge in [-0.25, -0.2) is 0 Å². The van der Waals surface area contributed by atoms with Crippen molar-refractivity contribution in [3.63, 3.8) is 0 Å². The highest BCUT2D eigenvalue weighted by Gasteiger charge is 2.49. The number of nitrogens with one attached hydrogen (secondary N) is 2. The van der Waals surface area contributed by atoms with Crippen LogP contribution in [0.15, 0.2) is 12.2 Å². The van der Waals surface area contributed by atoms with Crippen LogP contribution < -0.4 is 10.6 Å². The standard InChI is InChI=1S/C25H42N2O7S/c1-13(2)8-14-6-7-33-22-16(9-14)10-26-18(22)24(32)27-17-5-3-4-15(11-28)12-35-25-21(31)19(29)20(30)23(17)34-25/h3-4,13-23,25-26,28-31H,5-12H2,1-2H3,(H,27,32)/b4-3-/t14-,15?,16-,17+,18-,19?,20-,21+,22+,23+,25?/m0/s1. The molecule has 0 aromatic carbocycles. The van der Waals surface area contributed by atoms with E-state index in [-0.39, 0.29) is 30.5 Å². The summed E-state index contributed by atoms with van der Waals surface area (Å²) in [4.78, 5) is 13.5. The van der Waals surface area contributed by atoms with Crippen molar-refractivity contribution in [3.8, 4) is 0 Å². The highest BCUT2D eigenvalue weighted by Crippen LogP contribution is 2.35. The van der Waals surface area contributed by atoms with Crippen molar-refractivity contribution in [1.29, 1.82) is 0 Å². The number of hydrogen-bond acceptors (Lipinski definition) is 9. The number of amides is 1. The molecule has 0 aromatic heterocycles. The van der Waals surface area contributed by atoms with Crippen molar-refractivity contribution in [2.75, 3.05) is 25.5 Å². The van der Waals surface area contributed by atoms with Gasteiger partial charge in [0.15, 0.2) is 0 Å². The first-order valence-corrected chi connectivity index (χ1v) is 14.1. The number of rotatable bonds is 5. The van der Waals surface area contributed by atoms with Crippen molar-refractivity contribution in [2.45, 2.75) is 87.6 Å². The van der Waals surface area contributed by atoms with Gasteiger partial charge in [0.25, 0.3) is 0 Å². The van der Waals surface area contributed by atoms with E-state index in [0.29, 0.717) is 30.6 Å². The summed E-state index contributed by atoms with van der Waals surface area (Å²) in [7, 11) is 0. The Morgan fingerprint density at radius 1 is 1.20 bits per heavy atom. The Bertz CT molecular complexity index is 741. The normalized spacial score (nSPS) is 45.4. The van der Waals surface area contributed by atoms with E-state index in [9.17, 15) is 25.2 Å². The summed E-state index contributed by atoms with van der Waals surface area (Å²) in [6, 6.07) is -1.11. The summed E-state index contributed by atoms with van der Waals surface area (Å²) in [5.74, 6) is 1.67. The van der Waals surface area contributed by atoms with E-state index in [0.717, 1.165) is 25.8 Å². The molecule has 200 valence electrons. The van der Waals surface area contributed by atoms with E-state index in [1.807, 2.05) is 12.2 Å². The number of fused-ring (bicyclic) bond motifs is 3. The first-order valence-electron chi connectivity index (χ1n) is 13.0. The van der Waals surface area contributed by atoms with Crippen molar-refractivity contribution in [3.05, 3.63) is 12.2 Å². The van der Waals surface area contributed by atoms with Gasteiger partial charge < -0.3 is 40.5 Å². The van der Waals surface area contributed by atoms with Crippen LogP contribution in [0, 0.1) is 23.7 Å². The molecule has 35 heavy (non-hydrogen) atoms. The number of carbonyl (C=O) groups is 1. The van der Waals surface area contributed by atoms with Crippen molar-refractivity contribution in [2.24, 2.45) is 23.7 Å². The zero-order valence-electron chi connectivity index (χ0n) is 20.7. The molecule has 0 aromatic rings. The van der Waals surface area contributed by atoms with Gasteiger partial charge in [0, 0.05) is 24.8 Å². The van der Waals surface area contributed by atoms with E-state index in [4.69, 9.17) is 9.47 Å². The van der Waals surface area contributed by atoms with Crippen LogP contribution in [0.1, 0.15) is 39.5 Å². The molecular formula is C25H42N2O7S. The molecule has 1 amide bonds. The van der Waals surface area contributed by atoms with Gasteiger partial charge in [0.1, 0.15) is 35.9 Å². The van der Waals surface area contributed by atoms with Crippen LogP contribution in [0.3, 0.4) is 0 Å². The fourth-order valence-electron chi connectivity index (χ4n) is 5.97. The summed E-state index contributed by atoms with van der Waals surface area (Å²) in [6.07, 6.45) is 2.28. The van der Waals surface area contributed by atoms with Crippen LogP contribution in [-0.4, -0.2) is 99.9 Å². The van der Waals surface area contributed by atoms with Crippen LogP contribution in [0.5, 0.6) is 0 Å². The molecule has 3 fully saturated rings. The first kappa shape index (κ1) is 27.3. The third kappa shape index (κ3) is 6.41. The topological polar surface area (TPSA) is 141 Å². The van der Waals surface area contributed by atoms with Gasteiger partial charge in [-0.1, -0.05) is 26.0 Å². The smallest absolute Gasteiger partial charge is 0.240 e. The molecular weight excluding hydrogens is 472 g/mol. The first-order chi connectivity index (χ1) is 16.8. The second kappa shape index (κ2) is 12.2. The highest BCUT2D eigenvalue weighted by molar-refractivity contribution is 7.99. The molecule has 4 rings (SSSR count).